The van der Waals surface area contributed by atoms with Crippen LogP contribution in [0.25, 0.3) is 0 Å². The fraction of sp³-hybridized carbons (Fsp3) is 0.519. The number of piperidine rings is 1. The second-order valence-electron chi connectivity index (χ2n) is 9.83. The SMILES string of the molecule is CC(=O)N1CCC2CCCC(CN(C(=O)CN(C)C)Cc3ccccc31)N2Cc1ccccn1. The summed E-state index contributed by atoms with van der Waals surface area (Å²) in [6.45, 7) is 4.64. The van der Waals surface area contributed by atoms with Gasteiger partial charge in [-0.25, -0.2) is 0 Å². The van der Waals surface area contributed by atoms with Gasteiger partial charge in [0.05, 0.1) is 12.2 Å². The molecule has 2 aliphatic rings. The highest BCUT2D eigenvalue weighted by Crippen LogP contribution is 2.31. The molecule has 4 rings (SSSR count). The third kappa shape index (κ3) is 5.83. The minimum absolute atomic E-state index is 0.0431. The van der Waals surface area contributed by atoms with Gasteiger partial charge in [-0.05, 0) is 57.1 Å². The van der Waals surface area contributed by atoms with Crippen LogP contribution in [0.15, 0.2) is 48.7 Å². The van der Waals surface area contributed by atoms with Crippen LogP contribution in [0.4, 0.5) is 5.69 Å². The van der Waals surface area contributed by atoms with Crippen molar-refractivity contribution in [3.8, 4) is 0 Å². The molecule has 0 N–H and O–H groups in total. The summed E-state index contributed by atoms with van der Waals surface area (Å²) in [7, 11) is 3.86. The zero-order valence-electron chi connectivity index (χ0n) is 20.7. The van der Waals surface area contributed by atoms with Crippen molar-refractivity contribution in [3.05, 3.63) is 59.9 Å². The molecule has 0 radical (unpaired) electrons. The number of carbonyl (C=O) groups excluding carboxylic acids is 2. The van der Waals surface area contributed by atoms with Crippen molar-refractivity contribution >= 4 is 17.5 Å². The van der Waals surface area contributed by atoms with Gasteiger partial charge in [0, 0.05) is 57.1 Å². The van der Waals surface area contributed by atoms with Crippen LogP contribution < -0.4 is 4.90 Å². The number of benzene rings is 1. The van der Waals surface area contributed by atoms with Crippen LogP contribution in [0.2, 0.25) is 0 Å². The maximum absolute atomic E-state index is 13.4. The lowest BCUT2D eigenvalue weighted by molar-refractivity contribution is -0.134. The van der Waals surface area contributed by atoms with Crippen molar-refractivity contribution in [2.45, 2.75) is 57.8 Å². The molecule has 2 aliphatic heterocycles. The predicted molar refractivity (Wildman–Crippen MR) is 134 cm³/mol. The van der Waals surface area contributed by atoms with Crippen molar-refractivity contribution in [1.29, 1.82) is 0 Å². The van der Waals surface area contributed by atoms with Gasteiger partial charge >= 0.3 is 0 Å². The maximum Gasteiger partial charge on any atom is 0.237 e. The fourth-order valence-electron chi connectivity index (χ4n) is 5.38. The fourth-order valence-corrected chi connectivity index (χ4v) is 5.38. The summed E-state index contributed by atoms with van der Waals surface area (Å²) in [6.07, 6.45) is 6.05. The molecule has 1 aromatic carbocycles. The summed E-state index contributed by atoms with van der Waals surface area (Å²) in [5, 5.41) is 0. The standard InChI is InChI=1S/C27H37N5O2/c1-21(33)31-16-14-24-11-8-12-25(32(24)18-23-10-6-7-15-28-23)19-30(27(34)20-29(2)3)17-22-9-4-5-13-26(22)31/h4-7,9-10,13,15,24-25H,8,11-12,14,16-20H2,1-3H3. The monoisotopic (exact) mass is 463 g/mol. The smallest absolute Gasteiger partial charge is 0.237 e. The molecular weight excluding hydrogens is 426 g/mol. The number of nitrogens with zero attached hydrogens (tertiary/aromatic N) is 5. The van der Waals surface area contributed by atoms with Crippen LogP contribution in [0.1, 0.15) is 43.9 Å². The number of para-hydroxylation sites is 1. The average molecular weight is 464 g/mol. The molecule has 7 nitrogen and oxygen atoms in total. The molecule has 0 spiro atoms. The summed E-state index contributed by atoms with van der Waals surface area (Å²) in [5.74, 6) is 0.162. The Morgan fingerprint density at radius 3 is 2.53 bits per heavy atom. The Balaban J connectivity index is 1.72. The van der Waals surface area contributed by atoms with Gasteiger partial charge < -0.3 is 14.7 Å². The molecule has 2 unspecified atom stereocenters. The summed E-state index contributed by atoms with van der Waals surface area (Å²) >= 11 is 0. The molecule has 2 amide bonds. The highest BCUT2D eigenvalue weighted by molar-refractivity contribution is 5.92. The minimum Gasteiger partial charge on any atom is -0.336 e. The minimum atomic E-state index is 0.0431. The van der Waals surface area contributed by atoms with Crippen molar-refractivity contribution in [1.82, 2.24) is 19.7 Å². The van der Waals surface area contributed by atoms with Gasteiger partial charge in [-0.2, -0.15) is 0 Å². The predicted octanol–water partition coefficient (Wildman–Crippen LogP) is 3.15. The number of anilines is 1. The maximum atomic E-state index is 13.4. The van der Waals surface area contributed by atoms with E-state index < -0.39 is 0 Å². The quantitative estimate of drug-likeness (QED) is 0.697. The van der Waals surface area contributed by atoms with Crippen LogP contribution in [-0.4, -0.2) is 77.3 Å². The van der Waals surface area contributed by atoms with E-state index >= 15 is 0 Å². The molecule has 182 valence electrons. The molecule has 7 heteroatoms. The third-order valence-electron chi connectivity index (χ3n) is 7.03. The Morgan fingerprint density at radius 2 is 1.79 bits per heavy atom. The first-order chi connectivity index (χ1) is 16.4. The molecule has 2 aromatic rings. The van der Waals surface area contributed by atoms with Gasteiger partial charge in [0.2, 0.25) is 11.8 Å². The topological polar surface area (TPSA) is 60.0 Å². The molecule has 34 heavy (non-hydrogen) atoms. The summed E-state index contributed by atoms with van der Waals surface area (Å²) < 4.78 is 0. The molecule has 1 fully saturated rings. The van der Waals surface area contributed by atoms with E-state index in [-0.39, 0.29) is 17.9 Å². The normalized spacial score (nSPS) is 21.6. The molecular formula is C27H37N5O2. The largest absolute Gasteiger partial charge is 0.336 e. The molecule has 2 atom stereocenters. The third-order valence-corrected chi connectivity index (χ3v) is 7.03. The van der Waals surface area contributed by atoms with E-state index in [1.807, 2.05) is 65.3 Å². The van der Waals surface area contributed by atoms with Gasteiger partial charge in [0.1, 0.15) is 0 Å². The number of rotatable bonds is 4. The molecule has 3 heterocycles. The Bertz CT molecular complexity index is 980. The molecule has 0 saturated carbocycles. The van der Waals surface area contributed by atoms with Crippen molar-refractivity contribution in [2.75, 3.05) is 38.6 Å². The van der Waals surface area contributed by atoms with Gasteiger partial charge in [-0.1, -0.05) is 30.7 Å². The first kappa shape index (κ1) is 24.4. The van der Waals surface area contributed by atoms with Crippen molar-refractivity contribution in [3.63, 3.8) is 0 Å². The van der Waals surface area contributed by atoms with E-state index in [1.165, 1.54) is 0 Å². The Kier molecular flexibility index (Phi) is 7.95. The van der Waals surface area contributed by atoms with Crippen molar-refractivity contribution in [2.24, 2.45) is 0 Å². The van der Waals surface area contributed by atoms with Gasteiger partial charge in [-0.3, -0.25) is 19.5 Å². The van der Waals surface area contributed by atoms with E-state index in [2.05, 4.69) is 22.0 Å². The molecule has 0 aliphatic carbocycles. The Hall–Kier alpha value is -2.77. The number of likely N-dealkylation sites (N-methyl/N-ethyl adjacent to an activating group) is 1. The van der Waals surface area contributed by atoms with E-state index in [1.54, 1.807) is 6.92 Å². The second kappa shape index (κ2) is 11.1. The summed E-state index contributed by atoms with van der Waals surface area (Å²) in [5.41, 5.74) is 3.00. The number of hydrogen-bond acceptors (Lipinski definition) is 5. The zero-order chi connectivity index (χ0) is 24.1. The zero-order valence-corrected chi connectivity index (χ0v) is 20.7. The number of aromatic nitrogens is 1. The summed E-state index contributed by atoms with van der Waals surface area (Å²) in [6, 6.07) is 14.7. The molecule has 2 bridgehead atoms. The van der Waals surface area contributed by atoms with Crippen molar-refractivity contribution < 1.29 is 9.59 Å². The van der Waals surface area contributed by atoms with Crippen LogP contribution in [0, 0.1) is 0 Å². The first-order valence-corrected chi connectivity index (χ1v) is 12.4. The number of hydrogen-bond donors (Lipinski definition) is 0. The molecule has 1 aromatic heterocycles. The van der Waals surface area contributed by atoms with Gasteiger partial charge in [0.15, 0.2) is 0 Å². The number of pyridine rings is 1. The first-order valence-electron chi connectivity index (χ1n) is 12.4. The average Bonchev–Trinajstić information content (AvgIpc) is 2.82. The van der Waals surface area contributed by atoms with Gasteiger partial charge in [0.25, 0.3) is 0 Å². The highest BCUT2D eigenvalue weighted by atomic mass is 16.2. The van der Waals surface area contributed by atoms with E-state index in [0.29, 0.717) is 32.2 Å². The Labute approximate surface area is 203 Å². The molecule has 1 saturated heterocycles. The second-order valence-corrected chi connectivity index (χ2v) is 9.83. The van der Waals surface area contributed by atoms with Crippen LogP contribution in [0.5, 0.6) is 0 Å². The van der Waals surface area contributed by atoms with Crippen LogP contribution >= 0.6 is 0 Å². The van der Waals surface area contributed by atoms with E-state index in [9.17, 15) is 9.59 Å². The summed E-state index contributed by atoms with van der Waals surface area (Å²) in [4.78, 5) is 39.1. The van der Waals surface area contributed by atoms with E-state index in [0.717, 1.165) is 49.2 Å². The van der Waals surface area contributed by atoms with Crippen LogP contribution in [0.3, 0.4) is 0 Å². The van der Waals surface area contributed by atoms with E-state index in [4.69, 9.17) is 0 Å². The lowest BCUT2D eigenvalue weighted by Crippen LogP contribution is -2.53. The van der Waals surface area contributed by atoms with Gasteiger partial charge in [-0.15, -0.1) is 0 Å². The highest BCUT2D eigenvalue weighted by Gasteiger charge is 2.34. The number of amides is 2. The lowest BCUT2D eigenvalue weighted by Gasteiger charge is -2.44. The number of carbonyl (C=O) groups is 2. The Morgan fingerprint density at radius 1 is 1.03 bits per heavy atom. The van der Waals surface area contributed by atoms with Crippen LogP contribution in [-0.2, 0) is 22.7 Å². The number of fused-ring (bicyclic) bond motifs is 3. The lowest BCUT2D eigenvalue weighted by atomic mass is 9.92.